The van der Waals surface area contributed by atoms with Crippen LogP contribution in [-0.2, 0) is 10.0 Å². The van der Waals surface area contributed by atoms with E-state index in [4.69, 9.17) is 11.6 Å². The molecule has 0 unspecified atom stereocenters. The number of benzene rings is 3. The van der Waals surface area contributed by atoms with Gasteiger partial charge in [0.2, 0.25) is 0 Å². The van der Waals surface area contributed by atoms with Gasteiger partial charge in [-0.05, 0) is 67.4 Å². The first-order chi connectivity index (χ1) is 14.7. The Kier molecular flexibility index (Phi) is 5.70. The summed E-state index contributed by atoms with van der Waals surface area (Å²) in [5.41, 5.74) is 3.58. The lowest BCUT2D eigenvalue weighted by Crippen LogP contribution is -2.15. The third-order valence-corrected chi connectivity index (χ3v) is 7.42. The molecule has 0 saturated heterocycles. The van der Waals surface area contributed by atoms with Gasteiger partial charge in [-0.1, -0.05) is 41.1 Å². The highest BCUT2D eigenvalue weighted by Crippen LogP contribution is 2.31. The number of aromatic nitrogens is 1. The first-order valence-corrected chi connectivity index (χ1v) is 12.0. The maximum Gasteiger partial charge on any atom is 0.261 e. The molecule has 6 nitrogen and oxygen atoms in total. The van der Waals surface area contributed by atoms with Crippen LogP contribution in [0.25, 0.3) is 10.2 Å². The van der Waals surface area contributed by atoms with Crippen LogP contribution in [0, 0.1) is 13.8 Å². The maximum absolute atomic E-state index is 12.7. The van der Waals surface area contributed by atoms with Crippen molar-refractivity contribution in [3.8, 4) is 0 Å². The summed E-state index contributed by atoms with van der Waals surface area (Å²) in [6.07, 6.45) is 0. The molecule has 0 atom stereocenters. The molecule has 0 bridgehead atoms. The second kappa shape index (κ2) is 8.30. The number of carbonyl (C=O) groups excluding carboxylic acids is 1. The molecule has 31 heavy (non-hydrogen) atoms. The SMILES string of the molecule is Cc1ccc(C)c2sc(NC(=O)c3cccc(NS(=O)(=O)c4ccc(Cl)cc4)c3)nc12. The van der Waals surface area contributed by atoms with Gasteiger partial charge in [0, 0.05) is 16.3 Å². The molecule has 0 radical (unpaired) electrons. The highest BCUT2D eigenvalue weighted by molar-refractivity contribution is 7.92. The number of fused-ring (bicyclic) bond motifs is 1. The number of halogens is 1. The molecule has 0 aliphatic carbocycles. The van der Waals surface area contributed by atoms with Crippen molar-refractivity contribution in [3.05, 3.63) is 82.4 Å². The monoisotopic (exact) mass is 471 g/mol. The molecule has 158 valence electrons. The third kappa shape index (κ3) is 4.56. The van der Waals surface area contributed by atoms with Crippen LogP contribution in [-0.4, -0.2) is 19.3 Å². The minimum absolute atomic E-state index is 0.0759. The summed E-state index contributed by atoms with van der Waals surface area (Å²) in [4.78, 5) is 17.4. The van der Waals surface area contributed by atoms with Crippen molar-refractivity contribution in [1.82, 2.24) is 4.98 Å². The molecule has 4 aromatic rings. The molecule has 1 amide bonds. The number of hydrogen-bond donors (Lipinski definition) is 2. The smallest absolute Gasteiger partial charge is 0.261 e. The molecule has 0 spiro atoms. The van der Waals surface area contributed by atoms with E-state index < -0.39 is 10.0 Å². The molecule has 0 aliphatic rings. The Balaban J connectivity index is 1.55. The van der Waals surface area contributed by atoms with Crippen molar-refractivity contribution < 1.29 is 13.2 Å². The van der Waals surface area contributed by atoms with Gasteiger partial charge in [-0.2, -0.15) is 0 Å². The van der Waals surface area contributed by atoms with Crippen molar-refractivity contribution in [2.75, 3.05) is 10.0 Å². The number of anilines is 2. The summed E-state index contributed by atoms with van der Waals surface area (Å²) in [6.45, 7) is 3.98. The zero-order valence-corrected chi connectivity index (χ0v) is 19.0. The quantitative estimate of drug-likeness (QED) is 0.395. The van der Waals surface area contributed by atoms with Crippen LogP contribution in [0.4, 0.5) is 10.8 Å². The van der Waals surface area contributed by atoms with Crippen LogP contribution < -0.4 is 10.0 Å². The predicted molar refractivity (Wildman–Crippen MR) is 126 cm³/mol. The molecule has 4 rings (SSSR count). The molecule has 2 N–H and O–H groups in total. The lowest BCUT2D eigenvalue weighted by atomic mass is 10.1. The molecule has 3 aromatic carbocycles. The Bertz CT molecular complexity index is 1360. The molecule has 0 saturated carbocycles. The molecule has 1 aromatic heterocycles. The van der Waals surface area contributed by atoms with Crippen molar-refractivity contribution in [2.24, 2.45) is 0 Å². The van der Waals surface area contributed by atoms with Crippen LogP contribution in [0.1, 0.15) is 21.5 Å². The average Bonchev–Trinajstić information content (AvgIpc) is 3.16. The minimum Gasteiger partial charge on any atom is -0.298 e. The fourth-order valence-electron chi connectivity index (χ4n) is 3.03. The Morgan fingerprint density at radius 1 is 1.00 bits per heavy atom. The zero-order chi connectivity index (χ0) is 22.2. The van der Waals surface area contributed by atoms with E-state index in [0.29, 0.717) is 15.7 Å². The number of nitrogens with zero attached hydrogens (tertiary/aromatic N) is 1. The van der Waals surface area contributed by atoms with E-state index in [1.807, 2.05) is 26.0 Å². The van der Waals surface area contributed by atoms with Gasteiger partial charge in [0.25, 0.3) is 15.9 Å². The molecule has 9 heteroatoms. The van der Waals surface area contributed by atoms with E-state index in [9.17, 15) is 13.2 Å². The fraction of sp³-hybridized carbons (Fsp3) is 0.0909. The van der Waals surface area contributed by atoms with E-state index in [1.165, 1.54) is 41.7 Å². The fourth-order valence-corrected chi connectivity index (χ4v) is 5.22. The normalized spacial score (nSPS) is 11.5. The van der Waals surface area contributed by atoms with Gasteiger partial charge in [-0.25, -0.2) is 13.4 Å². The highest BCUT2D eigenvalue weighted by atomic mass is 35.5. The number of nitrogens with one attached hydrogen (secondary N) is 2. The van der Waals surface area contributed by atoms with E-state index in [1.54, 1.807) is 18.2 Å². The maximum atomic E-state index is 12.7. The summed E-state index contributed by atoms with van der Waals surface area (Å²) in [7, 11) is -3.81. The molecular formula is C22H18ClN3O3S2. The van der Waals surface area contributed by atoms with Crippen LogP contribution in [0.3, 0.4) is 0 Å². The minimum atomic E-state index is -3.81. The lowest BCUT2D eigenvalue weighted by molar-refractivity contribution is 0.102. The highest BCUT2D eigenvalue weighted by Gasteiger charge is 2.16. The zero-order valence-electron chi connectivity index (χ0n) is 16.6. The van der Waals surface area contributed by atoms with Gasteiger partial charge >= 0.3 is 0 Å². The largest absolute Gasteiger partial charge is 0.298 e. The number of rotatable bonds is 5. The molecule has 1 heterocycles. The first kappa shape index (κ1) is 21.3. The molecular weight excluding hydrogens is 454 g/mol. The molecule has 0 aliphatic heterocycles. The van der Waals surface area contributed by atoms with Crippen LogP contribution in [0.2, 0.25) is 5.02 Å². The summed E-state index contributed by atoms with van der Waals surface area (Å²) >= 11 is 7.23. The summed E-state index contributed by atoms with van der Waals surface area (Å²) < 4.78 is 28.7. The number of thiazole rings is 1. The van der Waals surface area contributed by atoms with Gasteiger partial charge < -0.3 is 0 Å². The van der Waals surface area contributed by atoms with Crippen LogP contribution >= 0.6 is 22.9 Å². The van der Waals surface area contributed by atoms with Crippen LogP contribution in [0.15, 0.2) is 65.6 Å². The second-order valence-electron chi connectivity index (χ2n) is 6.99. The Hall–Kier alpha value is -2.94. The summed E-state index contributed by atoms with van der Waals surface area (Å²) in [6, 6.07) is 16.1. The van der Waals surface area contributed by atoms with Crippen molar-refractivity contribution in [2.45, 2.75) is 18.7 Å². The number of hydrogen-bond acceptors (Lipinski definition) is 5. The average molecular weight is 472 g/mol. The first-order valence-electron chi connectivity index (χ1n) is 9.29. The number of sulfonamides is 1. The Morgan fingerprint density at radius 3 is 2.42 bits per heavy atom. The van der Waals surface area contributed by atoms with E-state index >= 15 is 0 Å². The van der Waals surface area contributed by atoms with Crippen LogP contribution in [0.5, 0.6) is 0 Å². The van der Waals surface area contributed by atoms with E-state index in [-0.39, 0.29) is 16.5 Å². The summed E-state index contributed by atoms with van der Waals surface area (Å²) in [5, 5.41) is 3.74. The standard InChI is InChI=1S/C22H18ClN3O3S2/c1-13-6-7-14(2)20-19(13)24-22(30-20)25-21(27)15-4-3-5-17(12-15)26-31(28,29)18-10-8-16(23)9-11-18/h3-12,26H,1-2H3,(H,24,25,27). The van der Waals surface area contributed by atoms with Gasteiger partial charge in [-0.3, -0.25) is 14.8 Å². The van der Waals surface area contributed by atoms with Crippen molar-refractivity contribution in [3.63, 3.8) is 0 Å². The number of carbonyl (C=O) groups is 1. The summed E-state index contributed by atoms with van der Waals surface area (Å²) in [5.74, 6) is -0.373. The van der Waals surface area contributed by atoms with Gasteiger partial charge in [0.05, 0.1) is 15.1 Å². The van der Waals surface area contributed by atoms with Gasteiger partial charge in [-0.15, -0.1) is 0 Å². The van der Waals surface area contributed by atoms with Crippen molar-refractivity contribution in [1.29, 1.82) is 0 Å². The van der Waals surface area contributed by atoms with E-state index in [0.717, 1.165) is 21.3 Å². The van der Waals surface area contributed by atoms with Crippen molar-refractivity contribution >= 4 is 59.9 Å². The number of aryl methyl sites for hydroxylation is 2. The Labute approximate surface area is 189 Å². The van der Waals surface area contributed by atoms with E-state index in [2.05, 4.69) is 15.0 Å². The van der Waals surface area contributed by atoms with Gasteiger partial charge in [0.1, 0.15) is 0 Å². The predicted octanol–water partition coefficient (Wildman–Crippen LogP) is 5.62. The third-order valence-electron chi connectivity index (χ3n) is 4.66. The van der Waals surface area contributed by atoms with Gasteiger partial charge in [0.15, 0.2) is 5.13 Å². The number of amides is 1. The Morgan fingerprint density at radius 2 is 1.71 bits per heavy atom. The molecule has 0 fully saturated rings. The second-order valence-corrected chi connectivity index (χ2v) is 10.1. The lowest BCUT2D eigenvalue weighted by Gasteiger charge is -2.09. The topological polar surface area (TPSA) is 88.2 Å².